The molecule has 0 radical (unpaired) electrons. The molecule has 0 fully saturated rings. The summed E-state index contributed by atoms with van der Waals surface area (Å²) in [6.07, 6.45) is 3.82. The van der Waals surface area contributed by atoms with E-state index in [2.05, 4.69) is 20.6 Å². The first-order valence-corrected chi connectivity index (χ1v) is 6.61. The molecule has 0 aromatic carbocycles. The van der Waals surface area contributed by atoms with Crippen LogP contribution in [0.5, 0.6) is 0 Å². The van der Waals surface area contributed by atoms with E-state index in [1.165, 1.54) is 12.4 Å². The summed E-state index contributed by atoms with van der Waals surface area (Å²) in [4.78, 5) is 31.3. The molecule has 1 aromatic rings. The first-order chi connectivity index (χ1) is 9.45. The van der Waals surface area contributed by atoms with Gasteiger partial charge in [0, 0.05) is 6.54 Å². The molecule has 0 aliphatic rings. The van der Waals surface area contributed by atoms with Crippen molar-refractivity contribution in [2.75, 3.05) is 11.9 Å². The molecule has 0 aliphatic carbocycles. The number of rotatable bonds is 7. The van der Waals surface area contributed by atoms with Gasteiger partial charge in [-0.2, -0.15) is 0 Å². The van der Waals surface area contributed by atoms with Crippen LogP contribution in [0.4, 0.5) is 5.82 Å². The quantitative estimate of drug-likeness (QED) is 0.674. The van der Waals surface area contributed by atoms with Crippen molar-refractivity contribution < 1.29 is 9.59 Å². The van der Waals surface area contributed by atoms with E-state index in [9.17, 15) is 9.59 Å². The van der Waals surface area contributed by atoms with Crippen LogP contribution in [0.25, 0.3) is 0 Å². The van der Waals surface area contributed by atoms with Gasteiger partial charge >= 0.3 is 0 Å². The standard InChI is InChI=1S/C13H21N5O2/c1-4-5-15-10-7-16-9(6-17-10)13(20)18-11(8(2)3)12(14)19/h6-8,11H,4-5H2,1-3H3,(H2,14,19)(H,15,17)(H,18,20). The molecule has 1 atom stereocenters. The van der Waals surface area contributed by atoms with Crippen molar-refractivity contribution >= 4 is 17.6 Å². The lowest BCUT2D eigenvalue weighted by Gasteiger charge is -2.18. The maximum Gasteiger partial charge on any atom is 0.272 e. The molecule has 0 aliphatic heterocycles. The Kier molecular flexibility index (Phi) is 5.89. The second kappa shape index (κ2) is 7.42. The van der Waals surface area contributed by atoms with Gasteiger partial charge in [-0.05, 0) is 12.3 Å². The lowest BCUT2D eigenvalue weighted by molar-refractivity contribution is -0.120. The van der Waals surface area contributed by atoms with Crippen molar-refractivity contribution in [3.05, 3.63) is 18.1 Å². The Morgan fingerprint density at radius 3 is 2.45 bits per heavy atom. The van der Waals surface area contributed by atoms with Crippen molar-refractivity contribution in [1.82, 2.24) is 15.3 Å². The minimum atomic E-state index is -0.720. The number of carbonyl (C=O) groups is 2. The number of primary amides is 1. The Balaban J connectivity index is 2.69. The molecule has 1 rings (SSSR count). The van der Waals surface area contributed by atoms with Crippen LogP contribution in [0.15, 0.2) is 12.4 Å². The summed E-state index contributed by atoms with van der Waals surface area (Å²) in [5.41, 5.74) is 5.40. The zero-order valence-corrected chi connectivity index (χ0v) is 12.0. The Labute approximate surface area is 118 Å². The Bertz CT molecular complexity index is 458. The van der Waals surface area contributed by atoms with E-state index in [4.69, 9.17) is 5.73 Å². The average molecular weight is 279 g/mol. The molecular formula is C13H21N5O2. The predicted molar refractivity (Wildman–Crippen MR) is 76.1 cm³/mol. The number of carbonyl (C=O) groups excluding carboxylic acids is 2. The fourth-order valence-corrected chi connectivity index (χ4v) is 1.57. The number of nitrogens with two attached hydrogens (primary N) is 1. The molecule has 0 saturated carbocycles. The second-order valence-corrected chi connectivity index (χ2v) is 4.81. The summed E-state index contributed by atoms with van der Waals surface area (Å²) in [6.45, 7) is 6.44. The van der Waals surface area contributed by atoms with E-state index < -0.39 is 17.9 Å². The van der Waals surface area contributed by atoms with E-state index in [1.54, 1.807) is 13.8 Å². The number of hydrogen-bond acceptors (Lipinski definition) is 5. The Hall–Kier alpha value is -2.18. The third kappa shape index (κ3) is 4.49. The topological polar surface area (TPSA) is 110 Å². The number of nitrogens with zero attached hydrogens (tertiary/aromatic N) is 2. The van der Waals surface area contributed by atoms with Gasteiger partial charge in [-0.1, -0.05) is 20.8 Å². The minimum absolute atomic E-state index is 0.0881. The van der Waals surface area contributed by atoms with Gasteiger partial charge in [0.15, 0.2) is 0 Å². The molecular weight excluding hydrogens is 258 g/mol. The molecule has 7 heteroatoms. The number of aromatic nitrogens is 2. The number of anilines is 1. The lowest BCUT2D eigenvalue weighted by Crippen LogP contribution is -2.47. The van der Waals surface area contributed by atoms with Crippen LogP contribution in [-0.2, 0) is 4.79 Å². The average Bonchev–Trinajstić information content (AvgIpc) is 2.42. The fourth-order valence-electron chi connectivity index (χ4n) is 1.57. The van der Waals surface area contributed by atoms with Crippen LogP contribution in [0.1, 0.15) is 37.7 Å². The zero-order valence-electron chi connectivity index (χ0n) is 12.0. The van der Waals surface area contributed by atoms with Crippen LogP contribution >= 0.6 is 0 Å². The molecule has 110 valence electrons. The van der Waals surface area contributed by atoms with E-state index in [-0.39, 0.29) is 11.6 Å². The number of amides is 2. The van der Waals surface area contributed by atoms with Crippen LogP contribution in [0.2, 0.25) is 0 Å². The first kappa shape index (κ1) is 15.9. The van der Waals surface area contributed by atoms with Crippen molar-refractivity contribution in [3.63, 3.8) is 0 Å². The predicted octanol–water partition coefficient (Wildman–Crippen LogP) is 0.538. The number of hydrogen-bond donors (Lipinski definition) is 3. The van der Waals surface area contributed by atoms with E-state index in [0.717, 1.165) is 13.0 Å². The summed E-state index contributed by atoms with van der Waals surface area (Å²) >= 11 is 0. The van der Waals surface area contributed by atoms with Gasteiger partial charge in [-0.3, -0.25) is 9.59 Å². The van der Waals surface area contributed by atoms with Gasteiger partial charge in [0.25, 0.3) is 5.91 Å². The van der Waals surface area contributed by atoms with Gasteiger partial charge in [-0.15, -0.1) is 0 Å². The summed E-state index contributed by atoms with van der Waals surface area (Å²) in [6, 6.07) is -0.720. The highest BCUT2D eigenvalue weighted by Gasteiger charge is 2.22. The van der Waals surface area contributed by atoms with Crippen LogP contribution in [-0.4, -0.2) is 34.4 Å². The van der Waals surface area contributed by atoms with Gasteiger partial charge in [-0.25, -0.2) is 9.97 Å². The molecule has 0 bridgehead atoms. The molecule has 4 N–H and O–H groups in total. The third-order valence-corrected chi connectivity index (χ3v) is 2.70. The van der Waals surface area contributed by atoms with Crippen molar-refractivity contribution in [2.24, 2.45) is 11.7 Å². The maximum absolute atomic E-state index is 11.9. The maximum atomic E-state index is 11.9. The normalized spacial score (nSPS) is 12.0. The minimum Gasteiger partial charge on any atom is -0.369 e. The molecule has 1 heterocycles. The van der Waals surface area contributed by atoms with Gasteiger partial charge in [0.1, 0.15) is 17.6 Å². The van der Waals surface area contributed by atoms with Crippen molar-refractivity contribution in [1.29, 1.82) is 0 Å². The molecule has 2 amide bonds. The molecule has 1 aromatic heterocycles. The lowest BCUT2D eigenvalue weighted by atomic mass is 10.0. The summed E-state index contributed by atoms with van der Waals surface area (Å²) in [7, 11) is 0. The highest BCUT2D eigenvalue weighted by Crippen LogP contribution is 2.04. The van der Waals surface area contributed by atoms with Gasteiger partial charge in [0.2, 0.25) is 5.91 Å². The largest absolute Gasteiger partial charge is 0.369 e. The molecule has 7 nitrogen and oxygen atoms in total. The smallest absolute Gasteiger partial charge is 0.272 e. The van der Waals surface area contributed by atoms with Crippen LogP contribution in [0.3, 0.4) is 0 Å². The molecule has 20 heavy (non-hydrogen) atoms. The first-order valence-electron chi connectivity index (χ1n) is 6.61. The Morgan fingerprint density at radius 1 is 1.30 bits per heavy atom. The second-order valence-electron chi connectivity index (χ2n) is 4.81. The molecule has 0 saturated heterocycles. The summed E-state index contributed by atoms with van der Waals surface area (Å²) in [5, 5.41) is 5.62. The highest BCUT2D eigenvalue weighted by atomic mass is 16.2. The zero-order chi connectivity index (χ0) is 15.1. The fraction of sp³-hybridized carbons (Fsp3) is 0.538. The third-order valence-electron chi connectivity index (χ3n) is 2.70. The monoisotopic (exact) mass is 279 g/mol. The van der Waals surface area contributed by atoms with Crippen LogP contribution in [0, 0.1) is 5.92 Å². The molecule has 0 spiro atoms. The van der Waals surface area contributed by atoms with Gasteiger partial charge < -0.3 is 16.4 Å². The van der Waals surface area contributed by atoms with Gasteiger partial charge in [0.05, 0.1) is 12.4 Å². The Morgan fingerprint density at radius 2 is 2.00 bits per heavy atom. The van der Waals surface area contributed by atoms with Crippen molar-refractivity contribution in [2.45, 2.75) is 33.2 Å². The molecule has 1 unspecified atom stereocenters. The van der Waals surface area contributed by atoms with Crippen LogP contribution < -0.4 is 16.4 Å². The van der Waals surface area contributed by atoms with Crippen molar-refractivity contribution in [3.8, 4) is 0 Å². The summed E-state index contributed by atoms with van der Waals surface area (Å²) in [5.74, 6) is -0.506. The highest BCUT2D eigenvalue weighted by molar-refractivity contribution is 5.95. The summed E-state index contributed by atoms with van der Waals surface area (Å²) < 4.78 is 0. The SMILES string of the molecule is CCCNc1cnc(C(=O)NC(C(N)=O)C(C)C)cn1. The number of nitrogens with one attached hydrogen (secondary N) is 2. The van der Waals surface area contributed by atoms with E-state index >= 15 is 0 Å². The van der Waals surface area contributed by atoms with E-state index in [1.807, 2.05) is 6.92 Å². The van der Waals surface area contributed by atoms with E-state index in [0.29, 0.717) is 5.82 Å².